The number of fused-ring (bicyclic) bond motifs is 1. The van der Waals surface area contributed by atoms with Gasteiger partial charge in [0.05, 0.1) is 17.0 Å². The van der Waals surface area contributed by atoms with Crippen LogP contribution in [-0.4, -0.2) is 33.6 Å². The molecule has 0 radical (unpaired) electrons. The van der Waals surface area contributed by atoms with Crippen LogP contribution in [0.1, 0.15) is 65.7 Å². The van der Waals surface area contributed by atoms with Crippen molar-refractivity contribution in [1.29, 1.82) is 0 Å². The first-order valence-electron chi connectivity index (χ1n) is 11.1. The molecule has 1 aliphatic heterocycles. The molecule has 2 unspecified atom stereocenters. The van der Waals surface area contributed by atoms with Gasteiger partial charge in [-0.2, -0.15) is 0 Å². The summed E-state index contributed by atoms with van der Waals surface area (Å²) in [6.07, 6.45) is 6.37. The maximum Gasteiger partial charge on any atom is 0.251 e. The molecule has 166 valence electrons. The summed E-state index contributed by atoms with van der Waals surface area (Å²) in [7, 11) is -3.70. The Morgan fingerprint density at radius 3 is 2.68 bits per heavy atom. The van der Waals surface area contributed by atoms with Crippen LogP contribution in [-0.2, 0) is 27.6 Å². The van der Waals surface area contributed by atoms with Crippen LogP contribution < -0.4 is 10.0 Å². The second-order valence-electron chi connectivity index (χ2n) is 8.45. The van der Waals surface area contributed by atoms with Crippen LogP contribution in [0.5, 0.6) is 0 Å². The highest BCUT2D eigenvalue weighted by atomic mass is 32.2. The Balaban J connectivity index is 1.42. The lowest BCUT2D eigenvalue weighted by Gasteiger charge is -2.20. The molecule has 7 heteroatoms. The van der Waals surface area contributed by atoms with Crippen LogP contribution in [0.2, 0.25) is 0 Å². The second-order valence-corrected chi connectivity index (χ2v) is 10.2. The molecule has 0 aromatic heterocycles. The van der Waals surface area contributed by atoms with Crippen molar-refractivity contribution in [2.75, 3.05) is 13.2 Å². The number of carbonyl (C=O) groups excluding carboxylic acids is 1. The van der Waals surface area contributed by atoms with Crippen LogP contribution in [0.4, 0.5) is 0 Å². The minimum atomic E-state index is -3.70. The number of aryl methyl sites for hydroxylation is 2. The van der Waals surface area contributed by atoms with E-state index >= 15 is 0 Å². The third-order valence-electron chi connectivity index (χ3n) is 6.15. The number of hydrogen-bond acceptors (Lipinski definition) is 4. The Hall–Kier alpha value is -2.22. The van der Waals surface area contributed by atoms with Crippen LogP contribution >= 0.6 is 0 Å². The molecule has 2 aromatic carbocycles. The number of hydrogen-bond donors (Lipinski definition) is 2. The van der Waals surface area contributed by atoms with Gasteiger partial charge in [0.25, 0.3) is 5.91 Å². The van der Waals surface area contributed by atoms with E-state index < -0.39 is 10.0 Å². The molecule has 2 aromatic rings. The van der Waals surface area contributed by atoms with E-state index in [4.69, 9.17) is 4.74 Å². The first-order chi connectivity index (χ1) is 14.9. The lowest BCUT2D eigenvalue weighted by atomic mass is 9.89. The average Bonchev–Trinajstić information content (AvgIpc) is 3.31. The molecule has 0 saturated carbocycles. The molecule has 2 N–H and O–H groups in total. The van der Waals surface area contributed by atoms with Crippen LogP contribution in [0, 0.1) is 0 Å². The second kappa shape index (κ2) is 9.51. The molecule has 2 aliphatic rings. The summed E-state index contributed by atoms with van der Waals surface area (Å²) >= 11 is 0. The van der Waals surface area contributed by atoms with Gasteiger partial charge in [-0.25, -0.2) is 13.1 Å². The molecule has 0 bridgehead atoms. The lowest BCUT2D eigenvalue weighted by molar-refractivity contribution is 0.0939. The van der Waals surface area contributed by atoms with Gasteiger partial charge in [-0.15, -0.1) is 0 Å². The first kappa shape index (κ1) is 22.0. The van der Waals surface area contributed by atoms with Gasteiger partial charge in [0.2, 0.25) is 10.0 Å². The largest absolute Gasteiger partial charge is 0.377 e. The average molecular weight is 443 g/mol. The van der Waals surface area contributed by atoms with Crippen molar-refractivity contribution in [2.45, 2.75) is 62.5 Å². The molecule has 6 nitrogen and oxygen atoms in total. The van der Waals surface area contributed by atoms with E-state index in [1.54, 1.807) is 12.1 Å². The molecule has 0 spiro atoms. The van der Waals surface area contributed by atoms with Crippen molar-refractivity contribution in [3.63, 3.8) is 0 Å². The summed E-state index contributed by atoms with van der Waals surface area (Å²) in [6.45, 7) is 2.87. The number of nitrogens with one attached hydrogen (secondary N) is 2. The molecule has 1 saturated heterocycles. The van der Waals surface area contributed by atoms with Gasteiger partial charge < -0.3 is 10.1 Å². The smallest absolute Gasteiger partial charge is 0.251 e. The Bertz CT molecular complexity index is 1050. The summed E-state index contributed by atoms with van der Waals surface area (Å²) in [5.74, 6) is -0.290. The molecule has 1 amide bonds. The quantitative estimate of drug-likeness (QED) is 0.687. The highest BCUT2D eigenvalue weighted by Gasteiger charge is 2.22. The van der Waals surface area contributed by atoms with Gasteiger partial charge in [-0.1, -0.05) is 24.3 Å². The van der Waals surface area contributed by atoms with Gasteiger partial charge in [-0.05, 0) is 80.3 Å². The van der Waals surface area contributed by atoms with E-state index in [9.17, 15) is 13.2 Å². The number of amides is 1. The Morgan fingerprint density at radius 2 is 1.90 bits per heavy atom. The number of carbonyl (C=O) groups is 1. The zero-order valence-corrected chi connectivity index (χ0v) is 18.7. The maximum absolute atomic E-state index is 12.8. The van der Waals surface area contributed by atoms with E-state index in [2.05, 4.69) is 28.2 Å². The molecular formula is C24H30N2O4S. The zero-order valence-electron chi connectivity index (χ0n) is 17.9. The van der Waals surface area contributed by atoms with E-state index in [1.165, 1.54) is 36.1 Å². The lowest BCUT2D eigenvalue weighted by Crippen LogP contribution is -2.32. The van der Waals surface area contributed by atoms with Crippen molar-refractivity contribution in [3.8, 4) is 0 Å². The van der Waals surface area contributed by atoms with Crippen LogP contribution in [0.3, 0.4) is 0 Å². The predicted molar refractivity (Wildman–Crippen MR) is 120 cm³/mol. The number of benzene rings is 2. The molecule has 4 rings (SSSR count). The minimum Gasteiger partial charge on any atom is -0.377 e. The highest BCUT2D eigenvalue weighted by Crippen LogP contribution is 2.25. The Labute approximate surface area is 184 Å². The third kappa shape index (κ3) is 5.34. The molecule has 1 aliphatic carbocycles. The fraction of sp³-hybridized carbons (Fsp3) is 0.458. The molecule has 1 heterocycles. The maximum atomic E-state index is 12.8. The van der Waals surface area contributed by atoms with Crippen molar-refractivity contribution in [3.05, 3.63) is 64.7 Å². The number of rotatable bonds is 7. The van der Waals surface area contributed by atoms with E-state index in [0.717, 1.165) is 31.2 Å². The summed E-state index contributed by atoms with van der Waals surface area (Å²) in [6, 6.07) is 12.4. The number of ether oxygens (including phenoxy) is 1. The number of sulfonamides is 1. The van der Waals surface area contributed by atoms with Crippen molar-refractivity contribution in [2.24, 2.45) is 0 Å². The topological polar surface area (TPSA) is 84.5 Å². The highest BCUT2D eigenvalue weighted by molar-refractivity contribution is 7.89. The van der Waals surface area contributed by atoms with E-state index in [0.29, 0.717) is 12.2 Å². The Kier molecular flexibility index (Phi) is 6.74. The summed E-state index contributed by atoms with van der Waals surface area (Å²) in [4.78, 5) is 12.9. The van der Waals surface area contributed by atoms with E-state index in [1.807, 2.05) is 6.92 Å². The fourth-order valence-electron chi connectivity index (χ4n) is 4.28. The fourth-order valence-corrected chi connectivity index (χ4v) is 5.39. The third-order valence-corrected chi connectivity index (χ3v) is 7.57. The molecular weight excluding hydrogens is 412 g/mol. The van der Waals surface area contributed by atoms with Gasteiger partial charge >= 0.3 is 0 Å². The van der Waals surface area contributed by atoms with Gasteiger partial charge in [0, 0.05) is 18.7 Å². The van der Waals surface area contributed by atoms with Crippen LogP contribution in [0.25, 0.3) is 0 Å². The van der Waals surface area contributed by atoms with Crippen molar-refractivity contribution >= 4 is 15.9 Å². The predicted octanol–water partition coefficient (Wildman–Crippen LogP) is 3.51. The molecule has 1 fully saturated rings. The normalized spacial score (nSPS) is 19.6. The standard InChI is InChI=1S/C24H30N2O4S/c1-17(19-12-11-18-6-2-3-7-20(18)14-19)26-24(27)21-8-4-10-23(15-21)31(28,29)25-16-22-9-5-13-30-22/h4,8,10-12,14-15,17,22,25H,2-3,5-7,9,13,16H2,1H3,(H,26,27). The van der Waals surface area contributed by atoms with Crippen LogP contribution in [0.15, 0.2) is 47.4 Å². The minimum absolute atomic E-state index is 0.0829. The van der Waals surface area contributed by atoms with Crippen molar-refractivity contribution < 1.29 is 17.9 Å². The van der Waals surface area contributed by atoms with E-state index in [-0.39, 0.29) is 29.5 Å². The summed E-state index contributed by atoms with van der Waals surface area (Å²) in [5.41, 5.74) is 4.16. The monoisotopic (exact) mass is 442 g/mol. The van der Waals surface area contributed by atoms with Gasteiger partial charge in [-0.3, -0.25) is 4.79 Å². The zero-order chi connectivity index (χ0) is 21.8. The summed E-state index contributed by atoms with van der Waals surface area (Å²) in [5, 5.41) is 3.00. The van der Waals surface area contributed by atoms with Crippen molar-refractivity contribution in [1.82, 2.24) is 10.0 Å². The summed E-state index contributed by atoms with van der Waals surface area (Å²) < 4.78 is 33.4. The Morgan fingerprint density at radius 1 is 1.10 bits per heavy atom. The SMILES string of the molecule is CC(NC(=O)c1cccc(S(=O)(=O)NCC2CCCO2)c1)c1ccc2c(c1)CCCC2. The molecule has 2 atom stereocenters. The molecule has 31 heavy (non-hydrogen) atoms. The van der Waals surface area contributed by atoms with Gasteiger partial charge in [0.1, 0.15) is 0 Å². The van der Waals surface area contributed by atoms with Gasteiger partial charge in [0.15, 0.2) is 0 Å². The first-order valence-corrected chi connectivity index (χ1v) is 12.5.